The molecule has 0 fully saturated rings. The van der Waals surface area contributed by atoms with Gasteiger partial charge in [-0.2, -0.15) is 0 Å². The molecule has 108 valence electrons. The lowest BCUT2D eigenvalue weighted by Crippen LogP contribution is -2.33. The van der Waals surface area contributed by atoms with Crippen molar-refractivity contribution in [3.63, 3.8) is 0 Å². The summed E-state index contributed by atoms with van der Waals surface area (Å²) < 4.78 is 0. The Hall–Kier alpha value is -2.20. The maximum absolute atomic E-state index is 12.6. The van der Waals surface area contributed by atoms with Crippen molar-refractivity contribution in [3.05, 3.63) is 65.0 Å². The normalized spacial score (nSPS) is 14.4. The largest absolute Gasteiger partial charge is 0.338 e. The summed E-state index contributed by atoms with van der Waals surface area (Å²) >= 11 is 0. The Labute approximate surface area is 124 Å². The Morgan fingerprint density at radius 1 is 1.14 bits per heavy atom. The Balaban J connectivity index is 1.77. The summed E-state index contributed by atoms with van der Waals surface area (Å²) in [4.78, 5) is 18.7. The molecular weight excluding hydrogens is 262 g/mol. The summed E-state index contributed by atoms with van der Waals surface area (Å²) in [6.07, 6.45) is 3.48. The quantitative estimate of drug-likeness (QED) is 0.913. The van der Waals surface area contributed by atoms with Crippen LogP contribution in [0.1, 0.15) is 27.2 Å². The van der Waals surface area contributed by atoms with E-state index in [0.717, 1.165) is 31.6 Å². The highest BCUT2D eigenvalue weighted by Gasteiger charge is 2.19. The zero-order valence-electron chi connectivity index (χ0n) is 12.0. The van der Waals surface area contributed by atoms with Gasteiger partial charge in [0.1, 0.15) is 0 Å². The molecule has 0 atom stereocenters. The maximum Gasteiger partial charge on any atom is 0.253 e. The fourth-order valence-corrected chi connectivity index (χ4v) is 2.78. The van der Waals surface area contributed by atoms with Crippen LogP contribution in [0.5, 0.6) is 0 Å². The van der Waals surface area contributed by atoms with E-state index < -0.39 is 0 Å². The molecule has 3 rings (SSSR count). The molecule has 1 amide bonds. The van der Waals surface area contributed by atoms with Crippen LogP contribution >= 0.6 is 0 Å². The number of amides is 1. The van der Waals surface area contributed by atoms with Gasteiger partial charge in [-0.1, -0.05) is 24.3 Å². The van der Waals surface area contributed by atoms with E-state index in [0.29, 0.717) is 12.1 Å². The number of pyridine rings is 1. The number of aromatic nitrogens is 1. The van der Waals surface area contributed by atoms with Crippen LogP contribution in [0.25, 0.3) is 0 Å². The number of rotatable bonds is 2. The molecule has 21 heavy (non-hydrogen) atoms. The summed E-state index contributed by atoms with van der Waals surface area (Å²) in [7, 11) is 0. The monoisotopic (exact) mass is 281 g/mol. The molecule has 0 unspecified atom stereocenters. The Morgan fingerprint density at radius 2 is 1.81 bits per heavy atom. The molecule has 1 aliphatic heterocycles. The van der Waals surface area contributed by atoms with E-state index in [4.69, 9.17) is 5.73 Å². The minimum absolute atomic E-state index is 0.0694. The SMILES string of the molecule is NCc1cc(C(=O)N2CCc3ccccc3CC2)ccn1. The third kappa shape index (κ3) is 2.95. The van der Waals surface area contributed by atoms with Gasteiger partial charge in [-0.15, -0.1) is 0 Å². The van der Waals surface area contributed by atoms with Gasteiger partial charge in [0.25, 0.3) is 5.91 Å². The minimum Gasteiger partial charge on any atom is -0.338 e. The van der Waals surface area contributed by atoms with E-state index in [1.807, 2.05) is 4.90 Å². The van der Waals surface area contributed by atoms with Crippen molar-refractivity contribution in [2.24, 2.45) is 5.73 Å². The highest BCUT2D eigenvalue weighted by atomic mass is 16.2. The fraction of sp³-hybridized carbons (Fsp3) is 0.294. The lowest BCUT2D eigenvalue weighted by Gasteiger charge is -2.20. The summed E-state index contributed by atoms with van der Waals surface area (Å²) in [5, 5.41) is 0. The summed E-state index contributed by atoms with van der Waals surface area (Å²) in [6.45, 7) is 1.87. The first-order valence-electron chi connectivity index (χ1n) is 7.29. The van der Waals surface area contributed by atoms with E-state index in [-0.39, 0.29) is 5.91 Å². The minimum atomic E-state index is 0.0694. The van der Waals surface area contributed by atoms with Crippen LogP contribution in [0.3, 0.4) is 0 Å². The second-order valence-electron chi connectivity index (χ2n) is 5.30. The van der Waals surface area contributed by atoms with E-state index in [9.17, 15) is 4.79 Å². The average molecular weight is 281 g/mol. The number of hydrogen-bond donors (Lipinski definition) is 1. The summed E-state index contributed by atoms with van der Waals surface area (Å²) in [6, 6.07) is 12.0. The van der Waals surface area contributed by atoms with Crippen molar-refractivity contribution >= 4 is 5.91 Å². The van der Waals surface area contributed by atoms with Crippen LogP contribution in [0, 0.1) is 0 Å². The number of fused-ring (bicyclic) bond motifs is 1. The first-order chi connectivity index (χ1) is 10.3. The van der Waals surface area contributed by atoms with Crippen LogP contribution in [-0.2, 0) is 19.4 Å². The van der Waals surface area contributed by atoms with Crippen LogP contribution in [0.4, 0.5) is 0 Å². The molecule has 0 bridgehead atoms. The molecule has 0 saturated heterocycles. The molecule has 1 aliphatic rings. The van der Waals surface area contributed by atoms with Gasteiger partial charge in [-0.25, -0.2) is 0 Å². The second-order valence-corrected chi connectivity index (χ2v) is 5.30. The molecule has 0 aliphatic carbocycles. The first-order valence-corrected chi connectivity index (χ1v) is 7.29. The Morgan fingerprint density at radius 3 is 2.43 bits per heavy atom. The number of benzene rings is 1. The van der Waals surface area contributed by atoms with Gasteiger partial charge in [-0.05, 0) is 36.1 Å². The molecular formula is C17H19N3O. The highest BCUT2D eigenvalue weighted by molar-refractivity contribution is 5.94. The van der Waals surface area contributed by atoms with E-state index >= 15 is 0 Å². The van der Waals surface area contributed by atoms with Crippen molar-refractivity contribution in [2.75, 3.05) is 13.1 Å². The number of nitrogens with zero attached hydrogens (tertiary/aromatic N) is 2. The number of hydrogen-bond acceptors (Lipinski definition) is 3. The van der Waals surface area contributed by atoms with Gasteiger partial charge in [0, 0.05) is 31.4 Å². The van der Waals surface area contributed by atoms with Gasteiger partial charge in [0.2, 0.25) is 0 Å². The third-order valence-corrected chi connectivity index (χ3v) is 3.98. The highest BCUT2D eigenvalue weighted by Crippen LogP contribution is 2.17. The molecule has 4 nitrogen and oxygen atoms in total. The Kier molecular flexibility index (Phi) is 3.97. The van der Waals surface area contributed by atoms with Gasteiger partial charge < -0.3 is 10.6 Å². The standard InChI is InChI=1S/C17H19N3O/c18-12-16-11-15(5-8-19-16)17(21)20-9-6-13-3-1-2-4-14(13)7-10-20/h1-5,8,11H,6-7,9-10,12,18H2. The van der Waals surface area contributed by atoms with Gasteiger partial charge in [-0.3, -0.25) is 9.78 Å². The zero-order chi connectivity index (χ0) is 14.7. The number of carbonyl (C=O) groups is 1. The topological polar surface area (TPSA) is 59.2 Å². The van der Waals surface area contributed by atoms with Crippen molar-refractivity contribution in [2.45, 2.75) is 19.4 Å². The van der Waals surface area contributed by atoms with Crippen molar-refractivity contribution < 1.29 is 4.79 Å². The van der Waals surface area contributed by atoms with Crippen LogP contribution in [0.15, 0.2) is 42.6 Å². The molecule has 4 heteroatoms. The molecule has 0 spiro atoms. The third-order valence-electron chi connectivity index (χ3n) is 3.98. The summed E-state index contributed by atoms with van der Waals surface area (Å²) in [5.41, 5.74) is 9.72. The van der Waals surface area contributed by atoms with E-state index in [2.05, 4.69) is 29.2 Å². The molecule has 0 saturated carbocycles. The van der Waals surface area contributed by atoms with Crippen LogP contribution < -0.4 is 5.73 Å². The smallest absolute Gasteiger partial charge is 0.253 e. The maximum atomic E-state index is 12.6. The fourth-order valence-electron chi connectivity index (χ4n) is 2.78. The molecule has 2 aromatic rings. The molecule has 2 heterocycles. The van der Waals surface area contributed by atoms with Crippen molar-refractivity contribution in [1.82, 2.24) is 9.88 Å². The van der Waals surface area contributed by atoms with Crippen molar-refractivity contribution in [1.29, 1.82) is 0 Å². The van der Waals surface area contributed by atoms with Gasteiger partial charge >= 0.3 is 0 Å². The predicted octanol–water partition coefficient (Wildman–Crippen LogP) is 1.78. The molecule has 2 N–H and O–H groups in total. The number of nitrogens with two attached hydrogens (primary N) is 1. The van der Waals surface area contributed by atoms with Crippen LogP contribution in [0.2, 0.25) is 0 Å². The zero-order valence-corrected chi connectivity index (χ0v) is 12.0. The van der Waals surface area contributed by atoms with Gasteiger partial charge in [0.05, 0.1) is 5.69 Å². The van der Waals surface area contributed by atoms with Crippen LogP contribution in [-0.4, -0.2) is 28.9 Å². The van der Waals surface area contributed by atoms with Crippen molar-refractivity contribution in [3.8, 4) is 0 Å². The number of carbonyl (C=O) groups excluding carboxylic acids is 1. The van der Waals surface area contributed by atoms with E-state index in [1.165, 1.54) is 11.1 Å². The summed E-state index contributed by atoms with van der Waals surface area (Å²) in [5.74, 6) is 0.0694. The molecule has 1 aromatic carbocycles. The average Bonchev–Trinajstić information content (AvgIpc) is 2.77. The Bertz CT molecular complexity index is 627. The van der Waals surface area contributed by atoms with E-state index in [1.54, 1.807) is 18.3 Å². The predicted molar refractivity (Wildman–Crippen MR) is 81.9 cm³/mol. The van der Waals surface area contributed by atoms with Gasteiger partial charge in [0.15, 0.2) is 0 Å². The second kappa shape index (κ2) is 6.06. The molecule has 1 aromatic heterocycles. The first kappa shape index (κ1) is 13.8. The lowest BCUT2D eigenvalue weighted by atomic mass is 10.0. The lowest BCUT2D eigenvalue weighted by molar-refractivity contribution is 0.0763. The molecule has 0 radical (unpaired) electrons.